The molecular formula is C23H24O8. The highest BCUT2D eigenvalue weighted by molar-refractivity contribution is 5.89. The van der Waals surface area contributed by atoms with Crippen molar-refractivity contribution in [3.63, 3.8) is 0 Å². The first-order valence-corrected chi connectivity index (χ1v) is 9.88. The van der Waals surface area contributed by atoms with Crippen LogP contribution in [-0.2, 0) is 16.0 Å². The Morgan fingerprint density at radius 2 is 1.84 bits per heavy atom. The number of methoxy groups -OCH3 is 1. The smallest absolute Gasteiger partial charge is 0.344 e. The van der Waals surface area contributed by atoms with Gasteiger partial charge in [-0.05, 0) is 31.5 Å². The van der Waals surface area contributed by atoms with Crippen molar-refractivity contribution in [2.75, 3.05) is 20.3 Å². The monoisotopic (exact) mass is 428 g/mol. The molecule has 3 rings (SSSR count). The normalized spacial score (nSPS) is 10.8. The van der Waals surface area contributed by atoms with Gasteiger partial charge < -0.3 is 28.8 Å². The number of phenolic OH excluding ortho intramolecular Hbond substituents is 2. The molecule has 0 unspecified atom stereocenters. The molecule has 0 atom stereocenters. The molecule has 8 heteroatoms. The second kappa shape index (κ2) is 9.42. The van der Waals surface area contributed by atoms with Crippen LogP contribution in [0.5, 0.6) is 23.0 Å². The van der Waals surface area contributed by atoms with Gasteiger partial charge in [-0.15, -0.1) is 0 Å². The Balaban J connectivity index is 2.11. The molecule has 0 amide bonds. The summed E-state index contributed by atoms with van der Waals surface area (Å²) in [4.78, 5) is 24.4. The number of aromatic hydroxyl groups is 2. The zero-order valence-corrected chi connectivity index (χ0v) is 17.6. The minimum absolute atomic E-state index is 0.0114. The molecule has 0 saturated heterocycles. The minimum atomic E-state index is -0.526. The van der Waals surface area contributed by atoms with Gasteiger partial charge in [0.05, 0.1) is 13.7 Å². The Kier molecular flexibility index (Phi) is 6.69. The Labute approximate surface area is 178 Å². The van der Waals surface area contributed by atoms with Gasteiger partial charge in [-0.2, -0.15) is 0 Å². The van der Waals surface area contributed by atoms with Crippen LogP contribution in [0.15, 0.2) is 39.5 Å². The van der Waals surface area contributed by atoms with Crippen LogP contribution in [0, 0.1) is 0 Å². The van der Waals surface area contributed by atoms with E-state index in [2.05, 4.69) is 0 Å². The van der Waals surface area contributed by atoms with Crippen molar-refractivity contribution in [2.24, 2.45) is 0 Å². The summed E-state index contributed by atoms with van der Waals surface area (Å²) in [6, 6.07) is 7.27. The summed E-state index contributed by atoms with van der Waals surface area (Å²) in [6.45, 7) is 3.55. The first-order valence-electron chi connectivity index (χ1n) is 9.88. The molecule has 8 nitrogen and oxygen atoms in total. The average molecular weight is 428 g/mol. The Bertz CT molecular complexity index is 1160. The molecule has 2 aromatic carbocycles. The van der Waals surface area contributed by atoms with Gasteiger partial charge in [0.2, 0.25) is 0 Å². The number of esters is 1. The van der Waals surface area contributed by atoms with Crippen molar-refractivity contribution >= 4 is 16.9 Å². The molecule has 1 heterocycles. The molecule has 0 saturated carbocycles. The molecule has 3 aromatic rings. The van der Waals surface area contributed by atoms with Crippen molar-refractivity contribution in [2.45, 2.75) is 26.7 Å². The minimum Gasteiger partial charge on any atom is -0.507 e. The first-order chi connectivity index (χ1) is 14.9. The number of benzene rings is 2. The second-order valence-corrected chi connectivity index (χ2v) is 6.78. The van der Waals surface area contributed by atoms with E-state index in [1.165, 1.54) is 13.2 Å². The Morgan fingerprint density at radius 3 is 2.52 bits per heavy atom. The fourth-order valence-corrected chi connectivity index (χ4v) is 3.27. The van der Waals surface area contributed by atoms with Crippen molar-refractivity contribution in [1.29, 1.82) is 0 Å². The molecule has 0 aliphatic heterocycles. The SMILES string of the molecule is CCCc1c(O)cc(O)c2c(=O)cc(-c3ccc(OC)c(OCC(=O)OCC)c3)oc12. The topological polar surface area (TPSA) is 115 Å². The lowest BCUT2D eigenvalue weighted by atomic mass is 10.0. The zero-order valence-electron chi connectivity index (χ0n) is 17.6. The molecule has 31 heavy (non-hydrogen) atoms. The van der Waals surface area contributed by atoms with Gasteiger partial charge in [-0.3, -0.25) is 4.79 Å². The lowest BCUT2D eigenvalue weighted by Crippen LogP contribution is -2.14. The molecule has 0 bridgehead atoms. The summed E-state index contributed by atoms with van der Waals surface area (Å²) in [6.07, 6.45) is 1.17. The third-order valence-corrected chi connectivity index (χ3v) is 4.66. The van der Waals surface area contributed by atoms with Gasteiger partial charge in [0.25, 0.3) is 0 Å². The van der Waals surface area contributed by atoms with E-state index in [1.807, 2.05) is 6.92 Å². The molecule has 0 fully saturated rings. The van der Waals surface area contributed by atoms with Gasteiger partial charge in [0.1, 0.15) is 28.2 Å². The summed E-state index contributed by atoms with van der Waals surface area (Å²) < 4.78 is 21.6. The van der Waals surface area contributed by atoms with E-state index in [4.69, 9.17) is 18.6 Å². The number of aryl methyl sites for hydroxylation is 1. The molecule has 2 N–H and O–H groups in total. The van der Waals surface area contributed by atoms with Gasteiger partial charge in [-0.25, -0.2) is 4.79 Å². The quantitative estimate of drug-likeness (QED) is 0.521. The third-order valence-electron chi connectivity index (χ3n) is 4.66. The van der Waals surface area contributed by atoms with E-state index in [0.717, 1.165) is 6.07 Å². The third kappa shape index (κ3) is 4.58. The Morgan fingerprint density at radius 1 is 1.06 bits per heavy atom. The molecule has 0 aliphatic carbocycles. The van der Waals surface area contributed by atoms with Gasteiger partial charge >= 0.3 is 5.97 Å². The van der Waals surface area contributed by atoms with Crippen molar-refractivity contribution in [3.8, 4) is 34.3 Å². The van der Waals surface area contributed by atoms with Crippen LogP contribution in [0.4, 0.5) is 0 Å². The van der Waals surface area contributed by atoms with Crippen LogP contribution in [-0.4, -0.2) is 36.5 Å². The fraction of sp³-hybridized carbons (Fsp3) is 0.304. The number of hydrogen-bond acceptors (Lipinski definition) is 8. The number of fused-ring (bicyclic) bond motifs is 1. The fourth-order valence-electron chi connectivity index (χ4n) is 3.27. The lowest BCUT2D eigenvalue weighted by Gasteiger charge is -2.13. The highest BCUT2D eigenvalue weighted by Crippen LogP contribution is 2.37. The van der Waals surface area contributed by atoms with Gasteiger partial charge in [-0.1, -0.05) is 13.3 Å². The van der Waals surface area contributed by atoms with E-state index in [0.29, 0.717) is 29.7 Å². The average Bonchev–Trinajstić information content (AvgIpc) is 2.74. The number of hydrogen-bond donors (Lipinski definition) is 2. The van der Waals surface area contributed by atoms with Crippen molar-refractivity contribution < 1.29 is 33.6 Å². The largest absolute Gasteiger partial charge is 0.507 e. The summed E-state index contributed by atoms with van der Waals surface area (Å²) in [5, 5.41) is 20.4. The summed E-state index contributed by atoms with van der Waals surface area (Å²) in [5.41, 5.74) is 0.619. The molecule has 0 aliphatic rings. The molecule has 164 valence electrons. The summed E-state index contributed by atoms with van der Waals surface area (Å²) in [5.74, 6) is -0.145. The molecule has 0 spiro atoms. The Hall–Kier alpha value is -3.68. The molecule has 1 aromatic heterocycles. The lowest BCUT2D eigenvalue weighted by molar-refractivity contribution is -0.145. The van der Waals surface area contributed by atoms with Crippen LogP contribution >= 0.6 is 0 Å². The zero-order chi connectivity index (χ0) is 22.5. The second-order valence-electron chi connectivity index (χ2n) is 6.78. The number of rotatable bonds is 8. The first kappa shape index (κ1) is 22.0. The van der Waals surface area contributed by atoms with E-state index in [-0.39, 0.29) is 47.2 Å². The highest BCUT2D eigenvalue weighted by atomic mass is 16.6. The van der Waals surface area contributed by atoms with Crippen LogP contribution in [0.25, 0.3) is 22.3 Å². The highest BCUT2D eigenvalue weighted by Gasteiger charge is 2.19. The standard InChI is InChI=1S/C23H24O8/c1-4-6-14-15(24)10-16(25)22-17(26)11-19(31-23(14)22)13-7-8-18(28-3)20(9-13)30-12-21(27)29-5-2/h7-11,24-25H,4-6,12H2,1-3H3. The number of phenols is 2. The van der Waals surface area contributed by atoms with Crippen molar-refractivity contribution in [3.05, 3.63) is 46.1 Å². The van der Waals surface area contributed by atoms with Crippen LogP contribution in [0.1, 0.15) is 25.8 Å². The summed E-state index contributed by atoms with van der Waals surface area (Å²) >= 11 is 0. The van der Waals surface area contributed by atoms with E-state index in [9.17, 15) is 19.8 Å². The van der Waals surface area contributed by atoms with Gasteiger partial charge in [0.15, 0.2) is 23.5 Å². The maximum Gasteiger partial charge on any atom is 0.344 e. The summed E-state index contributed by atoms with van der Waals surface area (Å²) in [7, 11) is 1.46. The number of carbonyl (C=O) groups excluding carboxylic acids is 1. The molecular weight excluding hydrogens is 404 g/mol. The van der Waals surface area contributed by atoms with Crippen LogP contribution < -0.4 is 14.9 Å². The molecule has 0 radical (unpaired) electrons. The predicted octanol–water partition coefficient (Wildman–Crippen LogP) is 3.77. The van der Waals surface area contributed by atoms with Crippen LogP contribution in [0.3, 0.4) is 0 Å². The number of carbonyl (C=O) groups is 1. The maximum atomic E-state index is 12.7. The van der Waals surface area contributed by atoms with E-state index >= 15 is 0 Å². The van der Waals surface area contributed by atoms with Crippen LogP contribution in [0.2, 0.25) is 0 Å². The van der Waals surface area contributed by atoms with Crippen molar-refractivity contribution in [1.82, 2.24) is 0 Å². The van der Waals surface area contributed by atoms with Gasteiger partial charge in [0, 0.05) is 23.3 Å². The predicted molar refractivity (Wildman–Crippen MR) is 114 cm³/mol. The van der Waals surface area contributed by atoms with E-state index in [1.54, 1.807) is 25.1 Å². The number of ether oxygens (including phenoxy) is 3. The maximum absolute atomic E-state index is 12.7. The van der Waals surface area contributed by atoms with E-state index < -0.39 is 11.4 Å².